The maximum Gasteiger partial charge on any atom is -0.00173 e. The zero-order chi connectivity index (χ0) is 12.4. The Bertz CT molecular complexity index is 552. The number of hydrogen-bond acceptors (Lipinski definition) is 0. The first-order chi connectivity index (χ1) is 8.88. The Morgan fingerprint density at radius 3 is 2.33 bits per heavy atom. The minimum Gasteiger partial charge on any atom is -0.0654 e. The summed E-state index contributed by atoms with van der Waals surface area (Å²) in [7, 11) is 0. The summed E-state index contributed by atoms with van der Waals surface area (Å²) in [5.41, 5.74) is 7.75. The summed E-state index contributed by atoms with van der Waals surface area (Å²) in [6.07, 6.45) is 6.07. The van der Waals surface area contributed by atoms with Gasteiger partial charge in [0.1, 0.15) is 0 Å². The Morgan fingerprint density at radius 1 is 0.833 bits per heavy atom. The predicted molar refractivity (Wildman–Crippen MR) is 77.1 cm³/mol. The van der Waals surface area contributed by atoms with E-state index in [1.54, 1.807) is 16.7 Å². The molecule has 0 saturated heterocycles. The highest BCUT2D eigenvalue weighted by atomic mass is 14.2. The average Bonchev–Trinajstić information content (AvgIpc) is 2.43. The molecule has 1 aliphatic carbocycles. The van der Waals surface area contributed by atoms with Gasteiger partial charge >= 0.3 is 0 Å². The number of hydrogen-bond donors (Lipinski definition) is 0. The molecule has 92 valence electrons. The molecule has 0 atom stereocenters. The average molecular weight is 236 g/mol. The second kappa shape index (κ2) is 4.97. The van der Waals surface area contributed by atoms with Crippen molar-refractivity contribution in [1.29, 1.82) is 0 Å². The molecule has 0 radical (unpaired) electrons. The summed E-state index contributed by atoms with van der Waals surface area (Å²) in [5, 5.41) is 0. The molecule has 18 heavy (non-hydrogen) atoms. The van der Waals surface area contributed by atoms with Crippen molar-refractivity contribution >= 4 is 0 Å². The van der Waals surface area contributed by atoms with Gasteiger partial charge < -0.3 is 0 Å². The fourth-order valence-electron chi connectivity index (χ4n) is 2.98. The molecule has 1 aliphatic rings. The SMILES string of the molecule is CCCCc1cccc2c1Cc1ccccc1C2. The Hall–Kier alpha value is -1.56. The van der Waals surface area contributed by atoms with Gasteiger partial charge in [0.05, 0.1) is 0 Å². The minimum atomic E-state index is 1.12. The summed E-state index contributed by atoms with van der Waals surface area (Å²) in [6, 6.07) is 15.7. The second-order valence-electron chi connectivity index (χ2n) is 5.28. The Morgan fingerprint density at radius 2 is 1.56 bits per heavy atom. The van der Waals surface area contributed by atoms with Crippen molar-refractivity contribution in [1.82, 2.24) is 0 Å². The number of unbranched alkanes of at least 4 members (excludes halogenated alkanes) is 1. The third kappa shape index (κ3) is 2.08. The Labute approximate surface area is 110 Å². The molecular weight excluding hydrogens is 216 g/mol. The van der Waals surface area contributed by atoms with E-state index in [-0.39, 0.29) is 0 Å². The number of rotatable bonds is 3. The lowest BCUT2D eigenvalue weighted by atomic mass is 9.83. The van der Waals surface area contributed by atoms with Gasteiger partial charge in [0.15, 0.2) is 0 Å². The molecular formula is C18H20. The van der Waals surface area contributed by atoms with E-state index in [1.807, 2.05) is 0 Å². The van der Waals surface area contributed by atoms with Gasteiger partial charge in [-0.2, -0.15) is 0 Å². The van der Waals surface area contributed by atoms with E-state index in [0.29, 0.717) is 0 Å². The van der Waals surface area contributed by atoms with Gasteiger partial charge in [0.25, 0.3) is 0 Å². The van der Waals surface area contributed by atoms with E-state index in [4.69, 9.17) is 0 Å². The first-order valence-electron chi connectivity index (χ1n) is 7.05. The highest BCUT2D eigenvalue weighted by Gasteiger charge is 2.16. The lowest BCUT2D eigenvalue weighted by Gasteiger charge is -2.22. The number of benzene rings is 2. The monoisotopic (exact) mass is 236 g/mol. The van der Waals surface area contributed by atoms with E-state index in [1.165, 1.54) is 30.4 Å². The summed E-state index contributed by atoms with van der Waals surface area (Å²) in [4.78, 5) is 0. The largest absolute Gasteiger partial charge is 0.0654 e. The van der Waals surface area contributed by atoms with Crippen LogP contribution in [0.2, 0.25) is 0 Å². The normalized spacial score (nSPS) is 12.9. The van der Waals surface area contributed by atoms with Crippen molar-refractivity contribution in [3.63, 3.8) is 0 Å². The second-order valence-corrected chi connectivity index (χ2v) is 5.28. The fourth-order valence-corrected chi connectivity index (χ4v) is 2.98. The third-order valence-corrected chi connectivity index (χ3v) is 4.04. The molecule has 0 heteroatoms. The highest BCUT2D eigenvalue weighted by Crippen LogP contribution is 2.29. The van der Waals surface area contributed by atoms with Crippen LogP contribution in [0.15, 0.2) is 42.5 Å². The third-order valence-electron chi connectivity index (χ3n) is 4.04. The van der Waals surface area contributed by atoms with Crippen LogP contribution >= 0.6 is 0 Å². The van der Waals surface area contributed by atoms with Crippen LogP contribution in [0, 0.1) is 0 Å². The highest BCUT2D eigenvalue weighted by molar-refractivity contribution is 5.48. The van der Waals surface area contributed by atoms with Gasteiger partial charge in [-0.25, -0.2) is 0 Å². The topological polar surface area (TPSA) is 0 Å². The van der Waals surface area contributed by atoms with Gasteiger partial charge in [0.2, 0.25) is 0 Å². The number of aryl methyl sites for hydroxylation is 1. The summed E-state index contributed by atoms with van der Waals surface area (Å²) in [6.45, 7) is 2.27. The molecule has 2 aromatic carbocycles. The van der Waals surface area contributed by atoms with Crippen molar-refractivity contribution in [3.05, 3.63) is 70.3 Å². The van der Waals surface area contributed by atoms with Crippen LogP contribution < -0.4 is 0 Å². The van der Waals surface area contributed by atoms with Gasteiger partial charge in [0, 0.05) is 0 Å². The standard InChI is InChI=1S/C18H20/c1-2-3-7-14-10-6-11-17-12-15-8-4-5-9-16(15)13-18(14)17/h4-6,8-11H,2-3,7,12-13H2,1H3. The van der Waals surface area contributed by atoms with Crippen LogP contribution in [0.25, 0.3) is 0 Å². The summed E-state index contributed by atoms with van der Waals surface area (Å²) in [5.74, 6) is 0. The van der Waals surface area contributed by atoms with E-state index >= 15 is 0 Å². The van der Waals surface area contributed by atoms with Crippen LogP contribution in [-0.4, -0.2) is 0 Å². The first kappa shape index (κ1) is 11.5. The molecule has 0 spiro atoms. The molecule has 0 nitrogen and oxygen atoms in total. The van der Waals surface area contributed by atoms with Gasteiger partial charge in [-0.3, -0.25) is 0 Å². The zero-order valence-corrected chi connectivity index (χ0v) is 11.1. The minimum absolute atomic E-state index is 1.12. The van der Waals surface area contributed by atoms with Crippen LogP contribution in [0.4, 0.5) is 0 Å². The van der Waals surface area contributed by atoms with Crippen molar-refractivity contribution < 1.29 is 0 Å². The molecule has 0 fully saturated rings. The summed E-state index contributed by atoms with van der Waals surface area (Å²) >= 11 is 0. The molecule has 0 heterocycles. The van der Waals surface area contributed by atoms with Crippen molar-refractivity contribution in [2.24, 2.45) is 0 Å². The molecule has 0 bridgehead atoms. The van der Waals surface area contributed by atoms with Crippen LogP contribution in [0.3, 0.4) is 0 Å². The smallest absolute Gasteiger partial charge is 0.00173 e. The maximum absolute atomic E-state index is 2.32. The van der Waals surface area contributed by atoms with Gasteiger partial charge in [-0.15, -0.1) is 0 Å². The van der Waals surface area contributed by atoms with E-state index in [0.717, 1.165) is 12.8 Å². The van der Waals surface area contributed by atoms with E-state index in [2.05, 4.69) is 49.4 Å². The fraction of sp³-hybridized carbons (Fsp3) is 0.333. The van der Waals surface area contributed by atoms with Gasteiger partial charge in [-0.1, -0.05) is 55.8 Å². The van der Waals surface area contributed by atoms with Crippen LogP contribution in [0.1, 0.15) is 47.6 Å². The molecule has 0 aromatic heterocycles. The van der Waals surface area contributed by atoms with Crippen LogP contribution in [0.5, 0.6) is 0 Å². The number of fused-ring (bicyclic) bond motifs is 2. The molecule has 0 N–H and O–H groups in total. The maximum atomic E-state index is 2.32. The Balaban J connectivity index is 1.97. The molecule has 0 saturated carbocycles. The predicted octanol–water partition coefficient (Wildman–Crippen LogP) is 4.52. The first-order valence-corrected chi connectivity index (χ1v) is 7.05. The van der Waals surface area contributed by atoms with Crippen molar-refractivity contribution in [3.8, 4) is 0 Å². The summed E-state index contributed by atoms with van der Waals surface area (Å²) < 4.78 is 0. The lowest BCUT2D eigenvalue weighted by molar-refractivity contribution is 0.783. The molecule has 2 aromatic rings. The lowest BCUT2D eigenvalue weighted by Crippen LogP contribution is -2.09. The molecule has 0 aliphatic heterocycles. The van der Waals surface area contributed by atoms with Crippen molar-refractivity contribution in [2.75, 3.05) is 0 Å². The van der Waals surface area contributed by atoms with E-state index < -0.39 is 0 Å². The zero-order valence-electron chi connectivity index (χ0n) is 11.1. The molecule has 3 rings (SSSR count). The Kier molecular flexibility index (Phi) is 3.19. The van der Waals surface area contributed by atoms with Gasteiger partial charge in [-0.05, 0) is 53.5 Å². The van der Waals surface area contributed by atoms with Crippen LogP contribution in [-0.2, 0) is 19.3 Å². The van der Waals surface area contributed by atoms with Crippen molar-refractivity contribution in [2.45, 2.75) is 39.0 Å². The molecule has 0 amide bonds. The quantitative estimate of drug-likeness (QED) is 0.627. The molecule has 0 unspecified atom stereocenters. The van der Waals surface area contributed by atoms with E-state index in [9.17, 15) is 0 Å².